The summed E-state index contributed by atoms with van der Waals surface area (Å²) in [5.74, 6) is -1.67. The number of likely N-dealkylation sites (tertiary alicyclic amines) is 1. The Morgan fingerprint density at radius 3 is 2.65 bits per heavy atom. The molecule has 0 spiro atoms. The number of hydrogen-bond acceptors (Lipinski definition) is 7. The number of nitrogens with one attached hydrogen (secondary N) is 2. The van der Waals surface area contributed by atoms with E-state index in [0.717, 1.165) is 5.69 Å². The summed E-state index contributed by atoms with van der Waals surface area (Å²) in [6.45, 7) is 3.65. The van der Waals surface area contributed by atoms with Crippen LogP contribution in [0.5, 0.6) is 0 Å². The number of aromatic amines is 1. The summed E-state index contributed by atoms with van der Waals surface area (Å²) in [6.07, 6.45) is 0.430. The molecule has 3 N–H and O–H groups in total. The van der Waals surface area contributed by atoms with Crippen molar-refractivity contribution in [3.05, 3.63) is 63.6 Å². The molecule has 12 heteroatoms. The first-order valence-corrected chi connectivity index (χ1v) is 12.4. The number of aromatic nitrogens is 4. The molecule has 37 heavy (non-hydrogen) atoms. The third kappa shape index (κ3) is 5.29. The van der Waals surface area contributed by atoms with Crippen LogP contribution in [0.1, 0.15) is 41.4 Å². The zero-order valence-corrected chi connectivity index (χ0v) is 21.0. The van der Waals surface area contributed by atoms with E-state index in [0.29, 0.717) is 44.2 Å². The summed E-state index contributed by atoms with van der Waals surface area (Å²) in [4.78, 5) is 23.2. The largest absolute Gasteiger partial charge is 0.481 e. The van der Waals surface area contributed by atoms with Crippen molar-refractivity contribution in [3.63, 3.8) is 0 Å². The molecule has 2 aromatic heterocycles. The molecule has 9 nitrogen and oxygen atoms in total. The van der Waals surface area contributed by atoms with Crippen molar-refractivity contribution in [1.82, 2.24) is 25.1 Å². The Hall–Kier alpha value is -3.15. The van der Waals surface area contributed by atoms with Crippen molar-refractivity contribution >= 4 is 29.3 Å². The monoisotopic (exact) mass is 532 g/mol. The van der Waals surface area contributed by atoms with E-state index < -0.39 is 23.0 Å². The minimum atomic E-state index is -1.22. The summed E-state index contributed by atoms with van der Waals surface area (Å²) in [5.41, 5.74) is 0.316. The second-order valence-electron chi connectivity index (χ2n) is 9.74. The smallest absolute Gasteiger partial charge is 0.310 e. The zero-order valence-electron chi connectivity index (χ0n) is 20.2. The molecule has 0 bridgehead atoms. The van der Waals surface area contributed by atoms with Gasteiger partial charge in [-0.25, -0.2) is 18.7 Å². The molecule has 196 valence electrons. The Bertz CT molecular complexity index is 1310. The van der Waals surface area contributed by atoms with Crippen molar-refractivity contribution in [2.24, 2.45) is 5.41 Å². The fourth-order valence-corrected chi connectivity index (χ4v) is 4.98. The highest BCUT2D eigenvalue weighted by Crippen LogP contribution is 2.38. The molecule has 2 aliphatic rings. The Morgan fingerprint density at radius 1 is 1.27 bits per heavy atom. The van der Waals surface area contributed by atoms with Crippen LogP contribution in [-0.4, -0.2) is 62.4 Å². The Balaban J connectivity index is 1.37. The molecule has 0 atom stereocenters. The number of carbonyl (C=O) groups is 1. The van der Waals surface area contributed by atoms with Crippen LogP contribution in [0.4, 0.5) is 20.5 Å². The van der Waals surface area contributed by atoms with E-state index in [1.807, 2.05) is 11.8 Å². The van der Waals surface area contributed by atoms with Gasteiger partial charge in [-0.2, -0.15) is 5.10 Å². The number of halogens is 3. The lowest BCUT2D eigenvalue weighted by atomic mass is 9.74. The van der Waals surface area contributed by atoms with E-state index in [4.69, 9.17) is 16.3 Å². The maximum Gasteiger partial charge on any atom is 0.310 e. The normalized spacial score (nSPS) is 17.9. The fourth-order valence-electron chi connectivity index (χ4n) is 4.78. The third-order valence-electron chi connectivity index (χ3n) is 7.11. The highest BCUT2D eigenvalue weighted by molar-refractivity contribution is 6.30. The first-order valence-electron chi connectivity index (χ1n) is 12.1. The zero-order chi connectivity index (χ0) is 26.2. The molecule has 2 aliphatic heterocycles. The van der Waals surface area contributed by atoms with Crippen LogP contribution >= 0.6 is 11.6 Å². The van der Waals surface area contributed by atoms with E-state index in [1.165, 1.54) is 6.07 Å². The SMILES string of the molecule is Cc1cc(Nc2nc(CC3(C(=O)O)CCN(Cc4cccc(Cl)c4F)CC3)c(F)c(C3COC3)n2)n[nH]1. The minimum absolute atomic E-state index is 0.0448. The number of nitrogens with zero attached hydrogens (tertiary/aromatic N) is 4. The van der Waals surface area contributed by atoms with Gasteiger partial charge in [0.25, 0.3) is 0 Å². The van der Waals surface area contributed by atoms with Gasteiger partial charge >= 0.3 is 5.97 Å². The van der Waals surface area contributed by atoms with Gasteiger partial charge in [0, 0.05) is 30.3 Å². The Labute approximate surface area is 217 Å². The quantitative estimate of drug-likeness (QED) is 0.395. The molecule has 5 rings (SSSR count). The molecule has 2 saturated heterocycles. The lowest BCUT2D eigenvalue weighted by Crippen LogP contribution is -2.45. The molecule has 3 aromatic rings. The lowest BCUT2D eigenvalue weighted by molar-refractivity contribution is -0.152. The van der Waals surface area contributed by atoms with Gasteiger partial charge in [-0.3, -0.25) is 14.8 Å². The van der Waals surface area contributed by atoms with Gasteiger partial charge in [0.1, 0.15) is 5.82 Å². The van der Waals surface area contributed by atoms with Crippen LogP contribution in [0.3, 0.4) is 0 Å². The molecule has 0 saturated carbocycles. The molecule has 0 amide bonds. The van der Waals surface area contributed by atoms with Gasteiger partial charge in [0.15, 0.2) is 11.6 Å². The number of aryl methyl sites for hydroxylation is 1. The summed E-state index contributed by atoms with van der Waals surface area (Å²) in [6, 6.07) is 6.60. The standard InChI is InChI=1S/C25H27ClF2N6O3/c1-14-9-19(33-32-14)30-24-29-18(21(28)22(31-24)16-12-37-13-16)10-25(23(35)36)5-7-34(8-6-25)11-15-3-2-4-17(26)20(15)27/h2-4,9,16H,5-8,10-13H2,1H3,(H,35,36)(H2,29,30,31,32,33). The van der Waals surface area contributed by atoms with E-state index in [1.54, 1.807) is 18.2 Å². The molecular weight excluding hydrogens is 506 g/mol. The first-order chi connectivity index (χ1) is 17.7. The van der Waals surface area contributed by atoms with E-state index >= 15 is 4.39 Å². The lowest BCUT2D eigenvalue weighted by Gasteiger charge is -2.39. The molecule has 2 fully saturated rings. The Morgan fingerprint density at radius 2 is 2.03 bits per heavy atom. The number of anilines is 2. The highest BCUT2D eigenvalue weighted by Gasteiger charge is 2.43. The number of rotatable bonds is 8. The molecule has 4 heterocycles. The summed E-state index contributed by atoms with van der Waals surface area (Å²) in [7, 11) is 0. The van der Waals surface area contributed by atoms with E-state index in [-0.39, 0.29) is 47.5 Å². The van der Waals surface area contributed by atoms with Gasteiger partial charge < -0.3 is 15.2 Å². The van der Waals surface area contributed by atoms with Crippen LogP contribution in [0, 0.1) is 24.0 Å². The van der Waals surface area contributed by atoms with Crippen molar-refractivity contribution < 1.29 is 23.4 Å². The number of piperidine rings is 1. The summed E-state index contributed by atoms with van der Waals surface area (Å²) < 4.78 is 35.2. The van der Waals surface area contributed by atoms with Crippen molar-refractivity contribution in [2.45, 2.75) is 38.6 Å². The highest BCUT2D eigenvalue weighted by atomic mass is 35.5. The number of benzene rings is 1. The number of aliphatic carboxylic acids is 1. The minimum Gasteiger partial charge on any atom is -0.481 e. The molecular formula is C25H27ClF2N6O3. The van der Waals surface area contributed by atoms with Gasteiger partial charge in [0.2, 0.25) is 5.95 Å². The number of carboxylic acid groups (broad SMARTS) is 1. The van der Waals surface area contributed by atoms with Gasteiger partial charge in [-0.15, -0.1) is 0 Å². The molecule has 0 aliphatic carbocycles. The maximum atomic E-state index is 15.6. The van der Waals surface area contributed by atoms with Crippen LogP contribution in [-0.2, 0) is 22.5 Å². The average molecular weight is 533 g/mol. The number of hydrogen-bond donors (Lipinski definition) is 3. The summed E-state index contributed by atoms with van der Waals surface area (Å²) >= 11 is 5.90. The fraction of sp³-hybridized carbons (Fsp3) is 0.440. The molecule has 0 radical (unpaired) electrons. The van der Waals surface area contributed by atoms with Gasteiger partial charge in [-0.05, 0) is 38.9 Å². The number of carboxylic acids is 1. The average Bonchev–Trinajstić information content (AvgIpc) is 3.24. The molecule has 0 unspecified atom stereocenters. The van der Waals surface area contributed by atoms with E-state index in [2.05, 4.69) is 25.5 Å². The summed E-state index contributed by atoms with van der Waals surface area (Å²) in [5, 5.41) is 20.2. The van der Waals surface area contributed by atoms with Crippen molar-refractivity contribution in [3.8, 4) is 0 Å². The van der Waals surface area contributed by atoms with Crippen LogP contribution in [0.15, 0.2) is 24.3 Å². The second kappa shape index (κ2) is 10.3. The molecule has 1 aromatic carbocycles. The van der Waals surface area contributed by atoms with Gasteiger partial charge in [0.05, 0.1) is 41.0 Å². The van der Waals surface area contributed by atoms with Crippen molar-refractivity contribution in [1.29, 1.82) is 0 Å². The first kappa shape index (κ1) is 25.5. The Kier molecular flexibility index (Phi) is 7.11. The van der Waals surface area contributed by atoms with Crippen LogP contribution in [0.25, 0.3) is 0 Å². The predicted molar refractivity (Wildman–Crippen MR) is 132 cm³/mol. The predicted octanol–water partition coefficient (Wildman–Crippen LogP) is 4.21. The van der Waals surface area contributed by atoms with Gasteiger partial charge in [-0.1, -0.05) is 23.7 Å². The number of H-pyrrole nitrogens is 1. The van der Waals surface area contributed by atoms with Crippen LogP contribution in [0.2, 0.25) is 5.02 Å². The topological polar surface area (TPSA) is 116 Å². The van der Waals surface area contributed by atoms with Crippen LogP contribution < -0.4 is 5.32 Å². The maximum absolute atomic E-state index is 15.6. The number of ether oxygens (including phenoxy) is 1. The second-order valence-corrected chi connectivity index (χ2v) is 10.1. The third-order valence-corrected chi connectivity index (χ3v) is 7.41. The van der Waals surface area contributed by atoms with Crippen molar-refractivity contribution in [2.75, 3.05) is 31.6 Å². The van der Waals surface area contributed by atoms with E-state index in [9.17, 15) is 14.3 Å².